The summed E-state index contributed by atoms with van der Waals surface area (Å²) in [5.74, 6) is 1.02. The smallest absolute Gasteiger partial charge is 0.218 e. The minimum atomic E-state index is -0.760. The minimum absolute atomic E-state index is 0.122. The predicted octanol–water partition coefficient (Wildman–Crippen LogP) is 3.81. The monoisotopic (exact) mass is 411 g/mol. The summed E-state index contributed by atoms with van der Waals surface area (Å²) in [4.78, 5) is 4.45. The SMILES string of the molecule is Cn1nc(-c2ccccc2)cc1Oc1cc(C#N)ccc1-c1ccc([C@H](O)CN)cn1. The van der Waals surface area contributed by atoms with Gasteiger partial charge in [0.1, 0.15) is 5.75 Å². The van der Waals surface area contributed by atoms with E-state index in [1.54, 1.807) is 48.3 Å². The van der Waals surface area contributed by atoms with E-state index in [4.69, 9.17) is 10.5 Å². The molecule has 0 saturated carbocycles. The van der Waals surface area contributed by atoms with Crippen molar-refractivity contribution >= 4 is 0 Å². The Labute approximate surface area is 180 Å². The molecule has 0 amide bonds. The van der Waals surface area contributed by atoms with Crippen LogP contribution >= 0.6 is 0 Å². The number of aryl methyl sites for hydroxylation is 1. The second-order valence-corrected chi connectivity index (χ2v) is 7.01. The molecule has 3 N–H and O–H groups in total. The van der Waals surface area contributed by atoms with Crippen molar-refractivity contribution in [1.29, 1.82) is 5.26 Å². The second-order valence-electron chi connectivity index (χ2n) is 7.01. The molecule has 0 aliphatic carbocycles. The normalized spacial score (nSPS) is 11.7. The van der Waals surface area contributed by atoms with Crippen LogP contribution in [0.2, 0.25) is 0 Å². The van der Waals surface area contributed by atoms with E-state index in [0.29, 0.717) is 28.5 Å². The number of aromatic nitrogens is 3. The molecule has 0 aliphatic rings. The van der Waals surface area contributed by atoms with Crippen LogP contribution in [0.15, 0.2) is 72.9 Å². The lowest BCUT2D eigenvalue weighted by Crippen LogP contribution is -2.11. The minimum Gasteiger partial charge on any atom is -0.439 e. The standard InChI is InChI=1S/C24H21N5O2/c1-29-24(12-21(28-29)17-5-3-2-4-6-17)31-23-11-16(13-25)7-9-19(23)20-10-8-18(15-27-20)22(30)14-26/h2-12,15,22,30H,14,26H2,1H3/t22-/m1/s1. The number of benzene rings is 2. The summed E-state index contributed by atoms with van der Waals surface area (Å²) in [6.45, 7) is 0.122. The molecule has 0 spiro atoms. The van der Waals surface area contributed by atoms with Gasteiger partial charge in [-0.25, -0.2) is 4.68 Å². The molecule has 0 fully saturated rings. The van der Waals surface area contributed by atoms with Crippen LogP contribution in [0.3, 0.4) is 0 Å². The molecule has 154 valence electrons. The van der Waals surface area contributed by atoms with Gasteiger partial charge in [0.25, 0.3) is 0 Å². The molecule has 0 saturated heterocycles. The first kappa shape index (κ1) is 20.3. The first-order valence-corrected chi connectivity index (χ1v) is 9.75. The molecular formula is C24H21N5O2. The van der Waals surface area contributed by atoms with E-state index < -0.39 is 6.10 Å². The van der Waals surface area contributed by atoms with Gasteiger partial charge in [-0.15, -0.1) is 0 Å². The lowest BCUT2D eigenvalue weighted by atomic mass is 10.1. The van der Waals surface area contributed by atoms with E-state index in [9.17, 15) is 10.4 Å². The molecule has 2 aromatic heterocycles. The van der Waals surface area contributed by atoms with Gasteiger partial charge in [-0.1, -0.05) is 36.4 Å². The number of aliphatic hydroxyl groups excluding tert-OH is 1. The van der Waals surface area contributed by atoms with Gasteiger partial charge in [0, 0.05) is 42.5 Å². The molecule has 1 atom stereocenters. The predicted molar refractivity (Wildman–Crippen MR) is 117 cm³/mol. The maximum atomic E-state index is 9.90. The summed E-state index contributed by atoms with van der Waals surface area (Å²) in [5, 5.41) is 23.8. The van der Waals surface area contributed by atoms with Crippen LogP contribution in [0.1, 0.15) is 17.2 Å². The quantitative estimate of drug-likeness (QED) is 0.499. The Balaban J connectivity index is 1.70. The fourth-order valence-electron chi connectivity index (χ4n) is 3.19. The van der Waals surface area contributed by atoms with Crippen molar-refractivity contribution in [3.8, 4) is 40.2 Å². The van der Waals surface area contributed by atoms with Crippen LogP contribution in [0.4, 0.5) is 0 Å². The fraction of sp³-hybridized carbons (Fsp3) is 0.125. The van der Waals surface area contributed by atoms with Crippen molar-refractivity contribution in [3.63, 3.8) is 0 Å². The number of rotatable bonds is 6. The highest BCUT2D eigenvalue weighted by Crippen LogP contribution is 2.35. The maximum Gasteiger partial charge on any atom is 0.218 e. The van der Waals surface area contributed by atoms with E-state index in [-0.39, 0.29) is 6.54 Å². The second kappa shape index (κ2) is 8.79. The first-order valence-electron chi connectivity index (χ1n) is 9.75. The zero-order valence-corrected chi connectivity index (χ0v) is 16.9. The topological polar surface area (TPSA) is 110 Å². The highest BCUT2D eigenvalue weighted by molar-refractivity contribution is 5.69. The van der Waals surface area contributed by atoms with Crippen LogP contribution in [0, 0.1) is 11.3 Å². The van der Waals surface area contributed by atoms with Crippen molar-refractivity contribution in [2.45, 2.75) is 6.10 Å². The molecule has 4 rings (SSSR count). The van der Waals surface area contributed by atoms with E-state index in [2.05, 4.69) is 16.2 Å². The Morgan fingerprint density at radius 1 is 1.10 bits per heavy atom. The molecule has 2 aromatic carbocycles. The Kier molecular flexibility index (Phi) is 5.76. The maximum absolute atomic E-state index is 9.90. The van der Waals surface area contributed by atoms with Crippen molar-refractivity contribution in [1.82, 2.24) is 14.8 Å². The third-order valence-corrected chi connectivity index (χ3v) is 4.90. The Morgan fingerprint density at radius 2 is 1.90 bits per heavy atom. The van der Waals surface area contributed by atoms with Crippen LogP contribution in [-0.2, 0) is 7.05 Å². The van der Waals surface area contributed by atoms with Crippen LogP contribution in [0.5, 0.6) is 11.6 Å². The summed E-state index contributed by atoms with van der Waals surface area (Å²) < 4.78 is 7.83. The summed E-state index contributed by atoms with van der Waals surface area (Å²) in [6, 6.07) is 22.6. The van der Waals surface area contributed by atoms with Gasteiger partial charge in [-0.3, -0.25) is 4.98 Å². The average molecular weight is 411 g/mol. The molecule has 7 nitrogen and oxygen atoms in total. The Hall–Kier alpha value is -3.99. The van der Waals surface area contributed by atoms with Gasteiger partial charge in [-0.05, 0) is 24.3 Å². The van der Waals surface area contributed by atoms with Crippen molar-refractivity contribution in [2.75, 3.05) is 6.54 Å². The number of ether oxygens (including phenoxy) is 1. The zero-order chi connectivity index (χ0) is 21.8. The van der Waals surface area contributed by atoms with E-state index in [1.807, 2.05) is 36.4 Å². The molecule has 2 heterocycles. The molecule has 0 aliphatic heterocycles. The lowest BCUT2D eigenvalue weighted by molar-refractivity contribution is 0.186. The Morgan fingerprint density at radius 3 is 2.58 bits per heavy atom. The van der Waals surface area contributed by atoms with Gasteiger partial charge >= 0.3 is 0 Å². The van der Waals surface area contributed by atoms with Gasteiger partial charge in [0.05, 0.1) is 29.1 Å². The molecule has 31 heavy (non-hydrogen) atoms. The molecule has 0 radical (unpaired) electrons. The fourth-order valence-corrected chi connectivity index (χ4v) is 3.19. The number of hydrogen-bond donors (Lipinski definition) is 2. The summed E-state index contributed by atoms with van der Waals surface area (Å²) in [7, 11) is 1.80. The van der Waals surface area contributed by atoms with E-state index in [0.717, 1.165) is 16.8 Å². The third kappa shape index (κ3) is 4.31. The summed E-state index contributed by atoms with van der Waals surface area (Å²) in [6.07, 6.45) is 0.830. The Bertz CT molecular complexity index is 1230. The number of aliphatic hydroxyl groups is 1. The molecule has 0 bridgehead atoms. The van der Waals surface area contributed by atoms with Crippen LogP contribution in [-0.4, -0.2) is 26.4 Å². The largest absolute Gasteiger partial charge is 0.439 e. The van der Waals surface area contributed by atoms with Crippen molar-refractivity contribution < 1.29 is 9.84 Å². The van der Waals surface area contributed by atoms with E-state index in [1.165, 1.54) is 0 Å². The number of nitrogens with zero attached hydrogens (tertiary/aromatic N) is 4. The lowest BCUT2D eigenvalue weighted by Gasteiger charge is -2.12. The summed E-state index contributed by atoms with van der Waals surface area (Å²) >= 11 is 0. The zero-order valence-electron chi connectivity index (χ0n) is 16.9. The highest BCUT2D eigenvalue weighted by atomic mass is 16.5. The molecular weight excluding hydrogens is 390 g/mol. The van der Waals surface area contributed by atoms with Gasteiger partial charge in [0.2, 0.25) is 5.88 Å². The third-order valence-electron chi connectivity index (χ3n) is 4.90. The number of nitrogens with two attached hydrogens (primary N) is 1. The van der Waals surface area contributed by atoms with Gasteiger partial charge in [-0.2, -0.15) is 10.4 Å². The average Bonchev–Trinajstić information content (AvgIpc) is 3.19. The van der Waals surface area contributed by atoms with Crippen molar-refractivity contribution in [3.05, 3.63) is 84.1 Å². The van der Waals surface area contributed by atoms with Gasteiger partial charge < -0.3 is 15.6 Å². The number of hydrogen-bond acceptors (Lipinski definition) is 6. The number of pyridine rings is 1. The molecule has 0 unspecified atom stereocenters. The number of nitriles is 1. The van der Waals surface area contributed by atoms with E-state index >= 15 is 0 Å². The highest BCUT2D eigenvalue weighted by Gasteiger charge is 2.15. The first-order chi connectivity index (χ1) is 15.1. The van der Waals surface area contributed by atoms with Gasteiger partial charge in [0.15, 0.2) is 0 Å². The summed E-state index contributed by atoms with van der Waals surface area (Å²) in [5.41, 5.74) is 9.76. The van der Waals surface area contributed by atoms with Crippen molar-refractivity contribution in [2.24, 2.45) is 12.8 Å². The van der Waals surface area contributed by atoms with Crippen LogP contribution < -0.4 is 10.5 Å². The molecule has 7 heteroatoms. The van der Waals surface area contributed by atoms with Crippen LogP contribution in [0.25, 0.3) is 22.5 Å². The molecule has 4 aromatic rings.